The van der Waals surface area contributed by atoms with Crippen LogP contribution in [0.15, 0.2) is 53.4 Å². The Morgan fingerprint density at radius 3 is 2.86 bits per heavy atom. The van der Waals surface area contributed by atoms with Gasteiger partial charge in [0, 0.05) is 16.7 Å². The number of fused-ring (bicyclic) bond motifs is 1. The number of hydrazine groups is 1. The van der Waals surface area contributed by atoms with Gasteiger partial charge in [0.25, 0.3) is 0 Å². The molecule has 0 heterocycles. The summed E-state index contributed by atoms with van der Waals surface area (Å²) in [5.74, 6) is 6.93. The summed E-state index contributed by atoms with van der Waals surface area (Å²) in [5, 5.41) is 0. The zero-order valence-corrected chi connectivity index (χ0v) is 12.6. The van der Waals surface area contributed by atoms with Gasteiger partial charge in [0.2, 0.25) is 0 Å². The molecule has 0 amide bonds. The van der Waals surface area contributed by atoms with Gasteiger partial charge in [0.15, 0.2) is 0 Å². The first-order chi connectivity index (χ1) is 10.3. The summed E-state index contributed by atoms with van der Waals surface area (Å²) >= 11 is 1.64. The number of nitrogens with one attached hydrogen (secondary N) is 1. The van der Waals surface area contributed by atoms with Gasteiger partial charge in [-0.15, -0.1) is 11.8 Å². The van der Waals surface area contributed by atoms with Crippen molar-refractivity contribution >= 4 is 11.8 Å². The molecule has 0 bridgehead atoms. The van der Waals surface area contributed by atoms with Crippen LogP contribution in [0.2, 0.25) is 0 Å². The molecule has 0 saturated carbocycles. The van der Waals surface area contributed by atoms with Gasteiger partial charge in [-0.3, -0.25) is 11.3 Å². The highest BCUT2D eigenvalue weighted by Crippen LogP contribution is 2.38. The van der Waals surface area contributed by atoms with E-state index in [4.69, 9.17) is 5.84 Å². The number of benzene rings is 2. The first-order valence-corrected chi connectivity index (χ1v) is 8.17. The molecule has 3 N–H and O–H groups in total. The van der Waals surface area contributed by atoms with E-state index < -0.39 is 0 Å². The van der Waals surface area contributed by atoms with Crippen LogP contribution in [0.25, 0.3) is 0 Å². The first-order valence-electron chi connectivity index (χ1n) is 7.18. The predicted molar refractivity (Wildman–Crippen MR) is 85.7 cm³/mol. The zero-order chi connectivity index (χ0) is 14.7. The van der Waals surface area contributed by atoms with Crippen molar-refractivity contribution in [1.29, 1.82) is 0 Å². The quantitative estimate of drug-likeness (QED) is 0.487. The molecule has 4 heteroatoms. The average Bonchev–Trinajstić information content (AvgIpc) is 2.48. The van der Waals surface area contributed by atoms with Gasteiger partial charge in [-0.05, 0) is 48.1 Å². The molecule has 2 nitrogen and oxygen atoms in total. The highest BCUT2D eigenvalue weighted by Gasteiger charge is 2.27. The van der Waals surface area contributed by atoms with Crippen LogP contribution < -0.4 is 11.3 Å². The molecular weight excluding hydrogens is 283 g/mol. The molecule has 2 aromatic rings. The van der Waals surface area contributed by atoms with Crippen molar-refractivity contribution in [1.82, 2.24) is 5.43 Å². The van der Waals surface area contributed by atoms with E-state index >= 15 is 0 Å². The Balaban J connectivity index is 1.55. The molecule has 3 rings (SSSR count). The van der Waals surface area contributed by atoms with Crippen LogP contribution >= 0.6 is 11.8 Å². The summed E-state index contributed by atoms with van der Waals surface area (Å²) in [6.07, 6.45) is 2.16. The minimum Gasteiger partial charge on any atom is -0.271 e. The predicted octanol–water partition coefficient (Wildman–Crippen LogP) is 3.48. The third-order valence-electron chi connectivity index (χ3n) is 4.01. The van der Waals surface area contributed by atoms with E-state index in [1.54, 1.807) is 23.9 Å². The molecular formula is C17H19FN2S. The summed E-state index contributed by atoms with van der Waals surface area (Å²) in [4.78, 5) is 0.948. The maximum atomic E-state index is 13.2. The molecule has 0 spiro atoms. The lowest BCUT2D eigenvalue weighted by Gasteiger charge is -2.32. The van der Waals surface area contributed by atoms with E-state index in [1.165, 1.54) is 17.2 Å². The molecule has 0 fully saturated rings. The van der Waals surface area contributed by atoms with Crippen LogP contribution in [0.3, 0.4) is 0 Å². The molecule has 2 atom stereocenters. The Bertz CT molecular complexity index is 617. The summed E-state index contributed by atoms with van der Waals surface area (Å²) in [5.41, 5.74) is 5.81. The highest BCUT2D eigenvalue weighted by atomic mass is 32.2. The standard InChI is InChI=1S/C17H19FN2S/c18-14-5-3-6-16(10-14)21-11-15(20-19)9-13-8-12-4-1-2-7-17(12)13/h1-7,10,13,15,20H,8-9,11,19H2. The van der Waals surface area contributed by atoms with Crippen molar-refractivity contribution in [2.24, 2.45) is 5.84 Å². The second-order valence-corrected chi connectivity index (χ2v) is 6.56. The normalized spacial score (nSPS) is 17.9. The highest BCUT2D eigenvalue weighted by molar-refractivity contribution is 7.99. The maximum Gasteiger partial charge on any atom is 0.124 e. The summed E-state index contributed by atoms with van der Waals surface area (Å²) in [7, 11) is 0. The second kappa shape index (κ2) is 6.60. The molecule has 2 unspecified atom stereocenters. The van der Waals surface area contributed by atoms with Gasteiger partial charge in [-0.1, -0.05) is 30.3 Å². The second-order valence-electron chi connectivity index (χ2n) is 5.47. The number of halogens is 1. The average molecular weight is 302 g/mol. The lowest BCUT2D eigenvalue weighted by molar-refractivity contribution is 0.452. The Hall–Kier alpha value is -1.36. The van der Waals surface area contributed by atoms with Crippen molar-refractivity contribution in [3.8, 4) is 0 Å². The molecule has 2 aromatic carbocycles. The molecule has 0 radical (unpaired) electrons. The summed E-state index contributed by atoms with van der Waals surface area (Å²) in [6.45, 7) is 0. The van der Waals surface area contributed by atoms with Crippen LogP contribution in [0, 0.1) is 5.82 Å². The maximum absolute atomic E-state index is 13.2. The van der Waals surface area contributed by atoms with Gasteiger partial charge in [0.1, 0.15) is 5.82 Å². The number of rotatable bonds is 6. The van der Waals surface area contributed by atoms with Crippen molar-refractivity contribution < 1.29 is 4.39 Å². The molecule has 1 aliphatic carbocycles. The lowest BCUT2D eigenvalue weighted by Crippen LogP contribution is -2.39. The van der Waals surface area contributed by atoms with Gasteiger partial charge >= 0.3 is 0 Å². The Kier molecular flexibility index (Phi) is 4.58. The van der Waals surface area contributed by atoms with E-state index in [0.29, 0.717) is 5.92 Å². The molecule has 21 heavy (non-hydrogen) atoms. The topological polar surface area (TPSA) is 38.0 Å². The van der Waals surface area contributed by atoms with Crippen LogP contribution in [-0.4, -0.2) is 11.8 Å². The fourth-order valence-corrected chi connectivity index (χ4v) is 3.85. The Morgan fingerprint density at radius 1 is 1.24 bits per heavy atom. The van der Waals surface area contributed by atoms with Crippen molar-refractivity contribution in [2.75, 3.05) is 5.75 Å². The van der Waals surface area contributed by atoms with Gasteiger partial charge in [0.05, 0.1) is 0 Å². The lowest BCUT2D eigenvalue weighted by atomic mass is 9.75. The third kappa shape index (κ3) is 3.46. The van der Waals surface area contributed by atoms with Crippen LogP contribution in [0.4, 0.5) is 4.39 Å². The minimum atomic E-state index is -0.190. The molecule has 0 aliphatic heterocycles. The largest absolute Gasteiger partial charge is 0.271 e. The zero-order valence-electron chi connectivity index (χ0n) is 11.8. The van der Waals surface area contributed by atoms with Crippen LogP contribution in [0.5, 0.6) is 0 Å². The van der Waals surface area contributed by atoms with E-state index in [1.807, 2.05) is 6.07 Å². The van der Waals surface area contributed by atoms with Gasteiger partial charge in [-0.2, -0.15) is 0 Å². The van der Waals surface area contributed by atoms with Crippen molar-refractivity contribution in [2.45, 2.75) is 29.7 Å². The van der Waals surface area contributed by atoms with Crippen LogP contribution in [-0.2, 0) is 6.42 Å². The Morgan fingerprint density at radius 2 is 2.10 bits per heavy atom. The Labute approximate surface area is 128 Å². The van der Waals surface area contributed by atoms with Gasteiger partial charge in [-0.25, -0.2) is 4.39 Å². The summed E-state index contributed by atoms with van der Waals surface area (Å²) in [6, 6.07) is 15.5. The molecule has 0 saturated heterocycles. The first kappa shape index (κ1) is 14.6. The number of hydrogen-bond acceptors (Lipinski definition) is 3. The third-order valence-corrected chi connectivity index (χ3v) is 5.17. The summed E-state index contributed by atoms with van der Waals surface area (Å²) < 4.78 is 13.2. The van der Waals surface area contributed by atoms with Gasteiger partial charge < -0.3 is 0 Å². The van der Waals surface area contributed by atoms with Crippen molar-refractivity contribution in [3.63, 3.8) is 0 Å². The molecule has 1 aliphatic rings. The molecule has 110 valence electrons. The van der Waals surface area contributed by atoms with E-state index in [9.17, 15) is 4.39 Å². The van der Waals surface area contributed by atoms with E-state index in [0.717, 1.165) is 23.5 Å². The monoisotopic (exact) mass is 302 g/mol. The number of nitrogens with two attached hydrogens (primary N) is 1. The van der Waals surface area contributed by atoms with E-state index in [2.05, 4.69) is 29.7 Å². The minimum absolute atomic E-state index is 0.190. The van der Waals surface area contributed by atoms with Crippen LogP contribution in [0.1, 0.15) is 23.5 Å². The fourth-order valence-electron chi connectivity index (χ4n) is 2.85. The SMILES string of the molecule is NNC(CSc1cccc(F)c1)CC1Cc2ccccc21. The number of thioether (sulfide) groups is 1. The van der Waals surface area contributed by atoms with Crippen molar-refractivity contribution in [3.05, 3.63) is 65.5 Å². The fraction of sp³-hybridized carbons (Fsp3) is 0.294. The van der Waals surface area contributed by atoms with E-state index in [-0.39, 0.29) is 11.9 Å². The smallest absolute Gasteiger partial charge is 0.124 e. The number of hydrogen-bond donors (Lipinski definition) is 2. The molecule has 0 aromatic heterocycles.